The quantitative estimate of drug-likeness (QED) is 0.391. The highest BCUT2D eigenvalue weighted by Crippen LogP contribution is 2.35. The maximum atomic E-state index is 13.4. The number of hydrogen-bond donors (Lipinski definition) is 0. The van der Waals surface area contributed by atoms with Crippen molar-refractivity contribution in [1.29, 1.82) is 0 Å². The molecule has 0 radical (unpaired) electrons. The van der Waals surface area contributed by atoms with Gasteiger partial charge in [-0.2, -0.15) is 0 Å². The second kappa shape index (κ2) is 9.63. The number of ether oxygens (including phenoxy) is 2. The fraction of sp³-hybridized carbons (Fsp3) is 0.280. The van der Waals surface area contributed by atoms with Crippen LogP contribution in [-0.2, 0) is 13.2 Å². The van der Waals surface area contributed by atoms with Crippen molar-refractivity contribution in [3.05, 3.63) is 94.2 Å². The van der Waals surface area contributed by atoms with Crippen molar-refractivity contribution in [3.8, 4) is 11.5 Å². The number of likely N-dealkylation sites (tertiary alicyclic amines) is 1. The molecule has 3 aromatic carbocycles. The van der Waals surface area contributed by atoms with Gasteiger partial charge in [0.2, 0.25) is 0 Å². The van der Waals surface area contributed by atoms with Crippen molar-refractivity contribution in [2.75, 3.05) is 6.54 Å². The molecule has 4 rings (SSSR count). The van der Waals surface area contributed by atoms with Crippen LogP contribution in [0.2, 0.25) is 0 Å². The molecule has 1 heterocycles. The molecule has 156 valence electrons. The lowest BCUT2D eigenvalue weighted by Crippen LogP contribution is -2.61. The highest BCUT2D eigenvalue weighted by molar-refractivity contribution is 9.10. The standard InChI is InChI=1S/C25H25BrFNO2/c1-2-22-25(16-28(22)15-18-7-4-3-5-8-18)30-24-14-20(26)11-12-23(24)29-17-19-9-6-10-21(27)13-19/h3-14,22,25H,2,15-17H2,1H3/t22-,25-/m0/s1. The third-order valence-electron chi connectivity index (χ3n) is 5.43. The summed E-state index contributed by atoms with van der Waals surface area (Å²) in [6, 6.07) is 23.1. The van der Waals surface area contributed by atoms with Crippen LogP contribution < -0.4 is 9.47 Å². The van der Waals surface area contributed by atoms with Gasteiger partial charge in [0.25, 0.3) is 0 Å². The van der Waals surface area contributed by atoms with Crippen molar-refractivity contribution in [1.82, 2.24) is 4.90 Å². The molecule has 1 aliphatic rings. The average Bonchev–Trinajstić information content (AvgIpc) is 2.73. The molecule has 0 unspecified atom stereocenters. The van der Waals surface area contributed by atoms with Crippen LogP contribution in [0, 0.1) is 5.82 Å². The van der Waals surface area contributed by atoms with Crippen LogP contribution >= 0.6 is 15.9 Å². The van der Waals surface area contributed by atoms with Crippen LogP contribution in [0.5, 0.6) is 11.5 Å². The van der Waals surface area contributed by atoms with Crippen LogP contribution in [0.15, 0.2) is 77.3 Å². The zero-order valence-corrected chi connectivity index (χ0v) is 18.5. The molecule has 3 nitrogen and oxygen atoms in total. The lowest BCUT2D eigenvalue weighted by atomic mass is 9.95. The zero-order valence-electron chi connectivity index (χ0n) is 16.9. The van der Waals surface area contributed by atoms with Gasteiger partial charge in [0.1, 0.15) is 18.5 Å². The molecule has 0 saturated carbocycles. The van der Waals surface area contributed by atoms with Crippen molar-refractivity contribution < 1.29 is 13.9 Å². The first-order valence-electron chi connectivity index (χ1n) is 10.2. The van der Waals surface area contributed by atoms with E-state index in [0.29, 0.717) is 17.5 Å². The Hall–Kier alpha value is -2.37. The first-order valence-corrected chi connectivity index (χ1v) is 11.0. The van der Waals surface area contributed by atoms with Gasteiger partial charge in [-0.25, -0.2) is 4.39 Å². The molecule has 30 heavy (non-hydrogen) atoms. The lowest BCUT2D eigenvalue weighted by Gasteiger charge is -2.47. The predicted octanol–water partition coefficient (Wildman–Crippen LogP) is 6.21. The fourth-order valence-electron chi connectivity index (χ4n) is 3.87. The highest BCUT2D eigenvalue weighted by atomic mass is 79.9. The Bertz CT molecular complexity index is 982. The van der Waals surface area contributed by atoms with Crippen molar-refractivity contribution in [3.63, 3.8) is 0 Å². The van der Waals surface area contributed by atoms with E-state index in [1.54, 1.807) is 6.07 Å². The number of halogens is 2. The van der Waals surface area contributed by atoms with E-state index in [-0.39, 0.29) is 18.5 Å². The van der Waals surface area contributed by atoms with Gasteiger partial charge in [-0.15, -0.1) is 0 Å². The molecule has 1 fully saturated rings. The Morgan fingerprint density at radius 2 is 1.77 bits per heavy atom. The van der Waals surface area contributed by atoms with Gasteiger partial charge < -0.3 is 9.47 Å². The monoisotopic (exact) mass is 469 g/mol. The molecule has 3 aromatic rings. The Morgan fingerprint density at radius 1 is 0.967 bits per heavy atom. The summed E-state index contributed by atoms with van der Waals surface area (Å²) in [7, 11) is 0. The Labute approximate surface area is 185 Å². The number of nitrogens with zero attached hydrogens (tertiary/aromatic N) is 1. The summed E-state index contributed by atoms with van der Waals surface area (Å²) in [6.07, 6.45) is 1.13. The van der Waals surface area contributed by atoms with Crippen LogP contribution in [0.1, 0.15) is 24.5 Å². The summed E-state index contributed by atoms with van der Waals surface area (Å²) in [5, 5.41) is 0. The van der Waals surface area contributed by atoms with Gasteiger partial charge in [0, 0.05) is 23.6 Å². The molecule has 0 amide bonds. The van der Waals surface area contributed by atoms with Gasteiger partial charge in [-0.3, -0.25) is 4.90 Å². The third kappa shape index (κ3) is 5.02. The molecule has 0 bridgehead atoms. The molecule has 0 spiro atoms. The predicted molar refractivity (Wildman–Crippen MR) is 120 cm³/mol. The summed E-state index contributed by atoms with van der Waals surface area (Å²) < 4.78 is 26.7. The summed E-state index contributed by atoms with van der Waals surface area (Å²) in [6.45, 7) is 4.29. The summed E-state index contributed by atoms with van der Waals surface area (Å²) in [5.41, 5.74) is 2.10. The first-order chi connectivity index (χ1) is 14.6. The van der Waals surface area contributed by atoms with E-state index >= 15 is 0 Å². The van der Waals surface area contributed by atoms with E-state index in [1.165, 1.54) is 17.7 Å². The van der Waals surface area contributed by atoms with Gasteiger partial charge in [-0.05, 0) is 47.9 Å². The van der Waals surface area contributed by atoms with Crippen molar-refractivity contribution in [2.45, 2.75) is 38.6 Å². The smallest absolute Gasteiger partial charge is 0.162 e. The van der Waals surface area contributed by atoms with Crippen LogP contribution in [-0.4, -0.2) is 23.6 Å². The van der Waals surface area contributed by atoms with Crippen molar-refractivity contribution in [2.24, 2.45) is 0 Å². The number of hydrogen-bond acceptors (Lipinski definition) is 3. The molecule has 0 aromatic heterocycles. The summed E-state index contributed by atoms with van der Waals surface area (Å²) in [4.78, 5) is 2.45. The molecule has 1 saturated heterocycles. The number of rotatable bonds is 8. The molecular formula is C25H25BrFNO2. The normalized spacial score (nSPS) is 18.6. The van der Waals surface area contributed by atoms with E-state index < -0.39 is 0 Å². The Morgan fingerprint density at radius 3 is 2.53 bits per heavy atom. The molecule has 0 N–H and O–H groups in total. The van der Waals surface area contributed by atoms with E-state index in [0.717, 1.165) is 29.5 Å². The minimum atomic E-state index is -0.262. The SMILES string of the molecule is CC[C@H]1[C@@H](Oc2cc(Br)ccc2OCc2cccc(F)c2)CN1Cc1ccccc1. The highest BCUT2D eigenvalue weighted by Gasteiger charge is 2.39. The van der Waals surface area contributed by atoms with Gasteiger partial charge in [-0.1, -0.05) is 65.3 Å². The van der Waals surface area contributed by atoms with Gasteiger partial charge >= 0.3 is 0 Å². The van der Waals surface area contributed by atoms with E-state index in [9.17, 15) is 4.39 Å². The van der Waals surface area contributed by atoms with Crippen LogP contribution in [0.25, 0.3) is 0 Å². The molecule has 0 aliphatic carbocycles. The summed E-state index contributed by atoms with van der Waals surface area (Å²) >= 11 is 3.52. The van der Waals surface area contributed by atoms with Gasteiger partial charge in [0.15, 0.2) is 11.5 Å². The maximum Gasteiger partial charge on any atom is 0.162 e. The largest absolute Gasteiger partial charge is 0.485 e. The van der Waals surface area contributed by atoms with E-state index in [2.05, 4.69) is 52.0 Å². The van der Waals surface area contributed by atoms with E-state index in [1.807, 2.05) is 30.3 Å². The van der Waals surface area contributed by atoms with E-state index in [4.69, 9.17) is 9.47 Å². The van der Waals surface area contributed by atoms with Crippen LogP contribution in [0.3, 0.4) is 0 Å². The zero-order chi connectivity index (χ0) is 20.9. The third-order valence-corrected chi connectivity index (χ3v) is 5.92. The second-order valence-corrected chi connectivity index (χ2v) is 8.47. The fourth-order valence-corrected chi connectivity index (χ4v) is 4.21. The molecular weight excluding hydrogens is 445 g/mol. The molecule has 5 heteroatoms. The molecule has 2 atom stereocenters. The summed E-state index contributed by atoms with van der Waals surface area (Å²) in [5.74, 6) is 1.12. The second-order valence-electron chi connectivity index (χ2n) is 7.56. The molecule has 1 aliphatic heterocycles. The maximum absolute atomic E-state index is 13.4. The first kappa shape index (κ1) is 20.9. The topological polar surface area (TPSA) is 21.7 Å². The van der Waals surface area contributed by atoms with Gasteiger partial charge in [0.05, 0.1) is 0 Å². The Kier molecular flexibility index (Phi) is 6.70. The average molecular weight is 470 g/mol. The van der Waals surface area contributed by atoms with Crippen LogP contribution in [0.4, 0.5) is 4.39 Å². The lowest BCUT2D eigenvalue weighted by molar-refractivity contribution is -0.0534. The number of benzene rings is 3. The van der Waals surface area contributed by atoms with Crippen molar-refractivity contribution >= 4 is 15.9 Å². The Balaban J connectivity index is 1.42. The minimum absolute atomic E-state index is 0.115. The minimum Gasteiger partial charge on any atom is -0.485 e.